The van der Waals surface area contributed by atoms with Gasteiger partial charge in [0.25, 0.3) is 0 Å². The highest BCUT2D eigenvalue weighted by atomic mass is 15.3. The van der Waals surface area contributed by atoms with Crippen LogP contribution in [0.25, 0.3) is 0 Å². The van der Waals surface area contributed by atoms with Crippen LogP contribution < -0.4 is 5.73 Å². The lowest BCUT2D eigenvalue weighted by molar-refractivity contribution is 0.440. The maximum absolute atomic E-state index is 5.69. The minimum atomic E-state index is 0.677. The van der Waals surface area contributed by atoms with Crippen LogP contribution >= 0.6 is 0 Å². The zero-order chi connectivity index (χ0) is 9.97. The van der Waals surface area contributed by atoms with E-state index < -0.39 is 0 Å². The molecule has 0 saturated heterocycles. The van der Waals surface area contributed by atoms with Gasteiger partial charge < -0.3 is 5.73 Å². The molecule has 0 aromatic carbocycles. The van der Waals surface area contributed by atoms with E-state index in [2.05, 4.69) is 5.10 Å². The lowest BCUT2D eigenvalue weighted by atomic mass is 10.0. The highest BCUT2D eigenvalue weighted by molar-refractivity contribution is 5.35. The molecule has 0 unspecified atom stereocenters. The largest absolute Gasteiger partial charge is 0.382 e. The average molecular weight is 193 g/mol. The monoisotopic (exact) mass is 193 g/mol. The fraction of sp³-hybridized carbons (Fsp3) is 0.727. The fourth-order valence-corrected chi connectivity index (χ4v) is 2.26. The molecule has 1 fully saturated rings. The van der Waals surface area contributed by atoms with Crippen molar-refractivity contribution in [3.63, 3.8) is 0 Å². The molecular weight excluding hydrogens is 174 g/mol. The van der Waals surface area contributed by atoms with Crippen LogP contribution in [0.3, 0.4) is 0 Å². The zero-order valence-corrected chi connectivity index (χ0v) is 8.87. The molecule has 3 heteroatoms. The van der Waals surface area contributed by atoms with Crippen LogP contribution in [0.5, 0.6) is 0 Å². The molecule has 1 aromatic heterocycles. The predicted octanol–water partition coefficient (Wildman–Crippen LogP) is 2.35. The van der Waals surface area contributed by atoms with E-state index in [9.17, 15) is 0 Å². The molecule has 0 radical (unpaired) electrons. The molecule has 78 valence electrons. The van der Waals surface area contributed by atoms with Gasteiger partial charge in [-0.25, -0.2) is 0 Å². The Morgan fingerprint density at radius 2 is 2.21 bits per heavy atom. The molecule has 2 N–H and O–H groups in total. The van der Waals surface area contributed by atoms with Gasteiger partial charge in [-0.3, -0.25) is 4.68 Å². The number of hydrogen-bond acceptors (Lipinski definition) is 2. The molecule has 1 aliphatic carbocycles. The molecule has 2 rings (SSSR count). The van der Waals surface area contributed by atoms with Gasteiger partial charge in [-0.05, 0) is 19.3 Å². The van der Waals surface area contributed by atoms with E-state index in [1.165, 1.54) is 32.1 Å². The van der Waals surface area contributed by atoms with Gasteiger partial charge in [0.1, 0.15) is 5.82 Å². The first-order valence-electron chi connectivity index (χ1n) is 5.55. The number of aryl methyl sites for hydroxylation is 2. The van der Waals surface area contributed by atoms with Crippen molar-refractivity contribution in [2.75, 3.05) is 5.73 Å². The van der Waals surface area contributed by atoms with Gasteiger partial charge in [0.2, 0.25) is 0 Å². The SMILES string of the molecule is Cc1cn(CCC2CCCC2)nc1N. The van der Waals surface area contributed by atoms with Gasteiger partial charge in [-0.2, -0.15) is 5.10 Å². The lowest BCUT2D eigenvalue weighted by Crippen LogP contribution is -2.04. The maximum Gasteiger partial charge on any atom is 0.148 e. The summed E-state index contributed by atoms with van der Waals surface area (Å²) >= 11 is 0. The lowest BCUT2D eigenvalue weighted by Gasteiger charge is -2.07. The molecule has 1 heterocycles. The summed E-state index contributed by atoms with van der Waals surface area (Å²) < 4.78 is 1.99. The summed E-state index contributed by atoms with van der Waals surface area (Å²) in [5, 5.41) is 4.27. The normalized spacial score (nSPS) is 17.8. The van der Waals surface area contributed by atoms with E-state index in [1.54, 1.807) is 0 Å². The Balaban J connectivity index is 1.85. The summed E-state index contributed by atoms with van der Waals surface area (Å²) in [5.41, 5.74) is 6.79. The molecule has 0 amide bonds. The van der Waals surface area contributed by atoms with Gasteiger partial charge in [0.15, 0.2) is 0 Å². The van der Waals surface area contributed by atoms with Gasteiger partial charge in [0.05, 0.1) is 0 Å². The van der Waals surface area contributed by atoms with Crippen LogP contribution in [-0.2, 0) is 6.54 Å². The van der Waals surface area contributed by atoms with Gasteiger partial charge in [-0.1, -0.05) is 25.7 Å². The summed E-state index contributed by atoms with van der Waals surface area (Å²) in [7, 11) is 0. The number of rotatable bonds is 3. The molecule has 0 spiro atoms. The molecule has 0 bridgehead atoms. The topological polar surface area (TPSA) is 43.8 Å². The maximum atomic E-state index is 5.69. The molecule has 0 aliphatic heterocycles. The van der Waals surface area contributed by atoms with Crippen LogP contribution in [0.4, 0.5) is 5.82 Å². The molecular formula is C11H19N3. The van der Waals surface area contributed by atoms with Crippen molar-refractivity contribution >= 4 is 5.82 Å². The Hall–Kier alpha value is -0.990. The van der Waals surface area contributed by atoms with E-state index in [0.717, 1.165) is 18.0 Å². The second kappa shape index (κ2) is 4.03. The Bertz CT molecular complexity index is 278. The van der Waals surface area contributed by atoms with Crippen LogP contribution in [0.2, 0.25) is 0 Å². The average Bonchev–Trinajstić information content (AvgIpc) is 2.74. The minimum Gasteiger partial charge on any atom is -0.382 e. The van der Waals surface area contributed by atoms with Gasteiger partial charge in [0, 0.05) is 18.3 Å². The molecule has 0 atom stereocenters. The van der Waals surface area contributed by atoms with Crippen molar-refractivity contribution in [1.82, 2.24) is 9.78 Å². The first kappa shape index (κ1) is 9.56. The Labute approximate surface area is 85.3 Å². The van der Waals surface area contributed by atoms with E-state index >= 15 is 0 Å². The number of aromatic nitrogens is 2. The van der Waals surface area contributed by atoms with Gasteiger partial charge >= 0.3 is 0 Å². The van der Waals surface area contributed by atoms with E-state index in [1.807, 2.05) is 17.8 Å². The van der Waals surface area contributed by atoms with E-state index in [-0.39, 0.29) is 0 Å². The molecule has 3 nitrogen and oxygen atoms in total. The first-order valence-corrected chi connectivity index (χ1v) is 5.55. The third kappa shape index (κ3) is 2.08. The molecule has 1 aromatic rings. The third-order valence-corrected chi connectivity index (χ3v) is 3.22. The van der Waals surface area contributed by atoms with Crippen molar-refractivity contribution in [3.05, 3.63) is 11.8 Å². The number of nitrogens with two attached hydrogens (primary N) is 1. The van der Waals surface area contributed by atoms with Crippen molar-refractivity contribution in [2.24, 2.45) is 5.92 Å². The first-order chi connectivity index (χ1) is 6.75. The van der Waals surface area contributed by atoms with Gasteiger partial charge in [-0.15, -0.1) is 0 Å². The summed E-state index contributed by atoms with van der Waals surface area (Å²) in [4.78, 5) is 0. The quantitative estimate of drug-likeness (QED) is 0.800. The zero-order valence-electron chi connectivity index (χ0n) is 8.87. The van der Waals surface area contributed by atoms with E-state index in [0.29, 0.717) is 5.82 Å². The summed E-state index contributed by atoms with van der Waals surface area (Å²) in [6.45, 7) is 3.04. The van der Waals surface area contributed by atoms with Crippen molar-refractivity contribution in [3.8, 4) is 0 Å². The number of hydrogen-bond donors (Lipinski definition) is 1. The number of nitrogens with zero attached hydrogens (tertiary/aromatic N) is 2. The minimum absolute atomic E-state index is 0.677. The Morgan fingerprint density at radius 3 is 2.79 bits per heavy atom. The second-order valence-corrected chi connectivity index (χ2v) is 4.40. The summed E-state index contributed by atoms with van der Waals surface area (Å²) in [5.74, 6) is 1.61. The number of nitrogen functional groups attached to an aromatic ring is 1. The van der Waals surface area contributed by atoms with Crippen LogP contribution in [0.15, 0.2) is 6.20 Å². The van der Waals surface area contributed by atoms with Crippen molar-refractivity contribution in [1.29, 1.82) is 0 Å². The molecule has 1 saturated carbocycles. The Kier molecular flexibility index (Phi) is 2.75. The summed E-state index contributed by atoms with van der Waals surface area (Å²) in [6.07, 6.45) is 8.98. The van der Waals surface area contributed by atoms with E-state index in [4.69, 9.17) is 5.73 Å². The summed E-state index contributed by atoms with van der Waals surface area (Å²) in [6, 6.07) is 0. The highest BCUT2D eigenvalue weighted by Crippen LogP contribution is 2.27. The molecule has 14 heavy (non-hydrogen) atoms. The third-order valence-electron chi connectivity index (χ3n) is 3.22. The second-order valence-electron chi connectivity index (χ2n) is 4.40. The van der Waals surface area contributed by atoms with Crippen LogP contribution in [0.1, 0.15) is 37.7 Å². The highest BCUT2D eigenvalue weighted by Gasteiger charge is 2.14. The molecule has 1 aliphatic rings. The Morgan fingerprint density at radius 1 is 1.50 bits per heavy atom. The standard InChI is InChI=1S/C11H19N3/c1-9-8-14(13-11(9)12)7-6-10-4-2-3-5-10/h8,10H,2-7H2,1H3,(H2,12,13). The van der Waals surface area contributed by atoms with Crippen LogP contribution in [-0.4, -0.2) is 9.78 Å². The van der Waals surface area contributed by atoms with Crippen molar-refractivity contribution in [2.45, 2.75) is 45.6 Å². The predicted molar refractivity (Wildman–Crippen MR) is 58.0 cm³/mol. The van der Waals surface area contributed by atoms with Crippen molar-refractivity contribution < 1.29 is 0 Å². The smallest absolute Gasteiger partial charge is 0.148 e. The number of anilines is 1. The van der Waals surface area contributed by atoms with Crippen LogP contribution in [0, 0.1) is 12.8 Å². The fourth-order valence-electron chi connectivity index (χ4n) is 2.26.